The first-order valence-electron chi connectivity index (χ1n) is 6.58. The molecule has 0 unspecified atom stereocenters. The molecule has 0 radical (unpaired) electrons. The zero-order valence-electron chi connectivity index (χ0n) is 10.7. The first-order valence-corrected chi connectivity index (χ1v) is 6.58. The van der Waals surface area contributed by atoms with Gasteiger partial charge >= 0.3 is 0 Å². The number of benzene rings is 2. The third-order valence-electron chi connectivity index (χ3n) is 3.88. The summed E-state index contributed by atoms with van der Waals surface area (Å²) in [5, 5.41) is 8.26. The number of ether oxygens (including phenoxy) is 1. The average Bonchev–Trinajstić information content (AvgIpc) is 3.04. The Balaban J connectivity index is 1.82. The van der Waals surface area contributed by atoms with Crippen LogP contribution < -0.4 is 4.74 Å². The maximum absolute atomic E-state index is 12.7. The van der Waals surface area contributed by atoms with Crippen LogP contribution >= 0.6 is 0 Å². The van der Waals surface area contributed by atoms with E-state index < -0.39 is 5.72 Å². The van der Waals surface area contributed by atoms with Crippen LogP contribution in [0, 0.1) is 0 Å². The number of carbonyl (C=O) groups excluding carboxylic acids is 1. The smallest absolute Gasteiger partial charge is 0.290 e. The lowest BCUT2D eigenvalue weighted by Gasteiger charge is -2.25. The molecule has 0 amide bonds. The van der Waals surface area contributed by atoms with E-state index in [1.54, 1.807) is 12.1 Å². The number of carbonyl (C=O) groups is 1. The fourth-order valence-electron chi connectivity index (χ4n) is 2.88. The van der Waals surface area contributed by atoms with Crippen molar-refractivity contribution in [3.8, 4) is 5.75 Å². The van der Waals surface area contributed by atoms with Crippen LogP contribution in [-0.4, -0.2) is 18.1 Å². The fourth-order valence-corrected chi connectivity index (χ4v) is 2.88. The van der Waals surface area contributed by atoms with Gasteiger partial charge in [-0.2, -0.15) is 5.11 Å². The maximum Gasteiger partial charge on any atom is 0.290 e. The average molecular weight is 264 g/mol. The molecule has 2 aliphatic rings. The molecule has 4 heteroatoms. The second kappa shape index (κ2) is 4.00. The van der Waals surface area contributed by atoms with Crippen LogP contribution in [0.25, 0.3) is 0 Å². The van der Waals surface area contributed by atoms with Gasteiger partial charge in [0.2, 0.25) is 5.78 Å². The topological polar surface area (TPSA) is 51.0 Å². The van der Waals surface area contributed by atoms with E-state index in [-0.39, 0.29) is 11.7 Å². The number of hydrogen-bond acceptors (Lipinski definition) is 4. The Bertz CT molecular complexity index is 711. The summed E-state index contributed by atoms with van der Waals surface area (Å²) in [7, 11) is 0. The minimum atomic E-state index is -1.20. The lowest BCUT2D eigenvalue weighted by molar-refractivity contribution is 0.0535. The molecule has 4 nitrogen and oxygen atoms in total. The molecular weight excluding hydrogens is 252 g/mol. The quantitative estimate of drug-likeness (QED) is 0.794. The van der Waals surface area contributed by atoms with Crippen molar-refractivity contribution in [1.82, 2.24) is 0 Å². The highest BCUT2D eigenvalue weighted by molar-refractivity contribution is 6.08. The second-order valence-corrected chi connectivity index (χ2v) is 5.01. The maximum atomic E-state index is 12.7. The predicted octanol–water partition coefficient (Wildman–Crippen LogP) is 3.21. The van der Waals surface area contributed by atoms with Crippen molar-refractivity contribution in [3.05, 3.63) is 65.7 Å². The monoisotopic (exact) mass is 264 g/mol. The van der Waals surface area contributed by atoms with Gasteiger partial charge in [0.1, 0.15) is 5.75 Å². The van der Waals surface area contributed by atoms with E-state index in [0.717, 1.165) is 5.56 Å². The molecule has 0 aliphatic carbocycles. The third kappa shape index (κ3) is 1.39. The number of nitrogens with zero attached hydrogens (tertiary/aromatic N) is 2. The zero-order chi connectivity index (χ0) is 13.6. The van der Waals surface area contributed by atoms with Gasteiger partial charge in [-0.1, -0.05) is 42.5 Å². The van der Waals surface area contributed by atoms with E-state index in [0.29, 0.717) is 17.9 Å². The summed E-state index contributed by atoms with van der Waals surface area (Å²) in [5.41, 5.74) is 0.415. The summed E-state index contributed by atoms with van der Waals surface area (Å²) in [6, 6.07) is 17.1. The Kier molecular flexibility index (Phi) is 2.27. The first kappa shape index (κ1) is 11.3. The molecule has 4 rings (SSSR count). The molecule has 98 valence electrons. The van der Waals surface area contributed by atoms with E-state index in [1.807, 2.05) is 42.5 Å². The van der Waals surface area contributed by atoms with E-state index in [1.165, 1.54) is 0 Å². The lowest BCUT2D eigenvalue weighted by Crippen LogP contribution is -2.42. The van der Waals surface area contributed by atoms with Crippen LogP contribution in [0.3, 0.4) is 0 Å². The molecule has 1 spiro atoms. The Morgan fingerprint density at radius 3 is 2.60 bits per heavy atom. The van der Waals surface area contributed by atoms with Gasteiger partial charge in [0.25, 0.3) is 5.72 Å². The van der Waals surface area contributed by atoms with Crippen LogP contribution in [0.2, 0.25) is 0 Å². The van der Waals surface area contributed by atoms with Gasteiger partial charge in [-0.05, 0) is 17.7 Å². The van der Waals surface area contributed by atoms with Crippen molar-refractivity contribution in [3.63, 3.8) is 0 Å². The molecule has 0 N–H and O–H groups in total. The van der Waals surface area contributed by atoms with Crippen molar-refractivity contribution in [2.24, 2.45) is 10.2 Å². The standard InChI is InChI=1S/C16H12N2O2/c19-15-12-8-4-5-9-14(12)20-16(15)13(10-17-18-16)11-6-2-1-3-7-11/h1-9,13H,10H2/t13-,16+/m1/s1. The summed E-state index contributed by atoms with van der Waals surface area (Å²) in [6.45, 7) is 0.476. The number of para-hydroxylation sites is 1. The molecule has 20 heavy (non-hydrogen) atoms. The first-order chi connectivity index (χ1) is 9.81. The molecule has 2 atom stereocenters. The Hall–Kier alpha value is -2.49. The van der Waals surface area contributed by atoms with Crippen LogP contribution in [0.1, 0.15) is 21.8 Å². The van der Waals surface area contributed by atoms with E-state index in [9.17, 15) is 4.79 Å². The molecule has 0 fully saturated rings. The second-order valence-electron chi connectivity index (χ2n) is 5.01. The summed E-state index contributed by atoms with van der Waals surface area (Å²) in [6.07, 6.45) is 0. The van der Waals surface area contributed by atoms with Crippen LogP contribution in [0.15, 0.2) is 64.8 Å². The van der Waals surface area contributed by atoms with Crippen LogP contribution in [0.4, 0.5) is 0 Å². The summed E-state index contributed by atoms with van der Waals surface area (Å²) < 4.78 is 5.92. The molecule has 2 aromatic rings. The van der Waals surface area contributed by atoms with Crippen LogP contribution in [-0.2, 0) is 0 Å². The third-order valence-corrected chi connectivity index (χ3v) is 3.88. The van der Waals surface area contributed by atoms with Gasteiger partial charge in [-0.25, -0.2) is 0 Å². The highest BCUT2D eigenvalue weighted by Gasteiger charge is 2.57. The molecule has 0 saturated heterocycles. The number of azo groups is 1. The van der Waals surface area contributed by atoms with Gasteiger partial charge in [0, 0.05) is 0 Å². The zero-order valence-corrected chi connectivity index (χ0v) is 10.7. The molecule has 0 bridgehead atoms. The molecule has 0 aromatic heterocycles. The van der Waals surface area contributed by atoms with Crippen molar-refractivity contribution < 1.29 is 9.53 Å². The predicted molar refractivity (Wildman–Crippen MR) is 73.0 cm³/mol. The molecule has 2 aromatic carbocycles. The van der Waals surface area contributed by atoms with Crippen LogP contribution in [0.5, 0.6) is 5.75 Å². The van der Waals surface area contributed by atoms with E-state index in [4.69, 9.17) is 4.74 Å². The number of hydrogen-bond donors (Lipinski definition) is 0. The summed E-state index contributed by atoms with van der Waals surface area (Å²) >= 11 is 0. The van der Waals surface area contributed by atoms with Gasteiger partial charge in [0.05, 0.1) is 18.0 Å². The van der Waals surface area contributed by atoms with Gasteiger partial charge in [0.15, 0.2) is 0 Å². The minimum Gasteiger partial charge on any atom is -0.455 e. The van der Waals surface area contributed by atoms with E-state index in [2.05, 4.69) is 10.2 Å². The number of ketones is 1. The molecule has 2 aliphatic heterocycles. The number of Topliss-reactive ketones (excluding diaryl/α,β-unsaturated/α-hetero) is 1. The van der Waals surface area contributed by atoms with Crippen molar-refractivity contribution in [2.75, 3.05) is 6.54 Å². The highest BCUT2D eigenvalue weighted by atomic mass is 16.5. The van der Waals surface area contributed by atoms with E-state index >= 15 is 0 Å². The summed E-state index contributed by atoms with van der Waals surface area (Å²) in [5.74, 6) is 0.339. The Morgan fingerprint density at radius 2 is 1.80 bits per heavy atom. The number of fused-ring (bicyclic) bond motifs is 1. The SMILES string of the molecule is O=C1c2ccccc2O[C@]12N=NC[C@@H]2c1ccccc1. The fraction of sp³-hybridized carbons (Fsp3) is 0.188. The van der Waals surface area contributed by atoms with Crippen molar-refractivity contribution in [1.29, 1.82) is 0 Å². The van der Waals surface area contributed by atoms with Gasteiger partial charge in [-0.15, -0.1) is 5.11 Å². The van der Waals surface area contributed by atoms with Gasteiger partial charge < -0.3 is 4.74 Å². The van der Waals surface area contributed by atoms with Crippen molar-refractivity contribution >= 4 is 5.78 Å². The highest BCUT2D eigenvalue weighted by Crippen LogP contribution is 2.46. The summed E-state index contributed by atoms with van der Waals surface area (Å²) in [4.78, 5) is 12.7. The van der Waals surface area contributed by atoms with Gasteiger partial charge in [-0.3, -0.25) is 4.79 Å². The minimum absolute atomic E-state index is 0.0943. The molecule has 2 heterocycles. The molecular formula is C16H12N2O2. The number of rotatable bonds is 1. The normalized spacial score (nSPS) is 26.8. The van der Waals surface area contributed by atoms with Crippen molar-refractivity contribution in [2.45, 2.75) is 11.6 Å². The molecule has 0 saturated carbocycles. The lowest BCUT2D eigenvalue weighted by atomic mass is 9.86. The largest absolute Gasteiger partial charge is 0.455 e. The Morgan fingerprint density at radius 1 is 1.05 bits per heavy atom. The Labute approximate surface area is 116 Å².